The van der Waals surface area contributed by atoms with E-state index in [0.717, 1.165) is 12.0 Å². The quantitative estimate of drug-likeness (QED) is 0.733. The van der Waals surface area contributed by atoms with Crippen LogP contribution in [0.5, 0.6) is 0 Å². The van der Waals surface area contributed by atoms with Gasteiger partial charge < -0.3 is 4.74 Å². The first-order chi connectivity index (χ1) is 9.61. The van der Waals surface area contributed by atoms with Gasteiger partial charge in [-0.2, -0.15) is 0 Å². The van der Waals surface area contributed by atoms with Gasteiger partial charge in [0.25, 0.3) is 0 Å². The first kappa shape index (κ1) is 14.6. The standard InChI is InChI=1S/C17H23NO2/c1-4-8-16-15(11-13(2)3)18(17(19)20-16)12-14-9-6-5-7-10-14/h4-7,9-10,13,15-16H,1,8,11-12H2,2-3H3/t15-,16-/m1/s1. The van der Waals surface area contributed by atoms with Crippen LogP contribution in [-0.2, 0) is 11.3 Å². The number of hydrogen-bond donors (Lipinski definition) is 0. The molecule has 20 heavy (non-hydrogen) atoms. The molecule has 0 saturated carbocycles. The van der Waals surface area contributed by atoms with Crippen LogP contribution in [0, 0.1) is 5.92 Å². The summed E-state index contributed by atoms with van der Waals surface area (Å²) in [5.41, 5.74) is 1.14. The van der Waals surface area contributed by atoms with Crippen LogP contribution >= 0.6 is 0 Å². The van der Waals surface area contributed by atoms with Crippen LogP contribution in [0.1, 0.15) is 32.3 Å². The Morgan fingerprint density at radius 2 is 2.05 bits per heavy atom. The molecule has 1 saturated heterocycles. The number of cyclic esters (lactones) is 1. The van der Waals surface area contributed by atoms with Gasteiger partial charge in [0.05, 0.1) is 6.04 Å². The summed E-state index contributed by atoms with van der Waals surface area (Å²) in [5.74, 6) is 0.528. The molecule has 108 valence electrons. The fraction of sp³-hybridized carbons (Fsp3) is 0.471. The largest absolute Gasteiger partial charge is 0.444 e. The van der Waals surface area contributed by atoms with Gasteiger partial charge in [0.2, 0.25) is 0 Å². The zero-order valence-corrected chi connectivity index (χ0v) is 12.3. The number of nitrogens with zero attached hydrogens (tertiary/aromatic N) is 1. The SMILES string of the molecule is C=CC[C@H]1OC(=O)N(Cc2ccccc2)[C@@H]1CC(C)C. The summed E-state index contributed by atoms with van der Waals surface area (Å²) >= 11 is 0. The second kappa shape index (κ2) is 6.60. The van der Waals surface area contributed by atoms with Gasteiger partial charge in [-0.1, -0.05) is 50.3 Å². The third-order valence-corrected chi connectivity index (χ3v) is 3.62. The van der Waals surface area contributed by atoms with Gasteiger partial charge in [0.1, 0.15) is 6.10 Å². The summed E-state index contributed by atoms with van der Waals surface area (Å²) < 4.78 is 5.52. The van der Waals surface area contributed by atoms with Crippen molar-refractivity contribution >= 4 is 6.09 Å². The lowest BCUT2D eigenvalue weighted by Gasteiger charge is -2.25. The number of benzene rings is 1. The minimum absolute atomic E-state index is 0.0638. The second-order valence-corrected chi connectivity index (χ2v) is 5.76. The number of amides is 1. The molecule has 1 aromatic rings. The molecule has 3 heteroatoms. The Morgan fingerprint density at radius 1 is 1.35 bits per heavy atom. The van der Waals surface area contributed by atoms with E-state index >= 15 is 0 Å². The Bertz CT molecular complexity index is 455. The average Bonchev–Trinajstić information content (AvgIpc) is 2.68. The normalized spacial score (nSPS) is 22.1. The topological polar surface area (TPSA) is 29.5 Å². The van der Waals surface area contributed by atoms with Crippen LogP contribution in [0.25, 0.3) is 0 Å². The minimum Gasteiger partial charge on any atom is -0.444 e. The van der Waals surface area contributed by atoms with E-state index in [2.05, 4.69) is 20.4 Å². The van der Waals surface area contributed by atoms with Crippen LogP contribution in [0.15, 0.2) is 43.0 Å². The van der Waals surface area contributed by atoms with Crippen molar-refractivity contribution in [3.63, 3.8) is 0 Å². The maximum absolute atomic E-state index is 12.1. The van der Waals surface area contributed by atoms with Gasteiger partial charge in [-0.15, -0.1) is 6.58 Å². The van der Waals surface area contributed by atoms with E-state index in [4.69, 9.17) is 4.74 Å². The fourth-order valence-electron chi connectivity index (χ4n) is 2.71. The molecule has 3 nitrogen and oxygen atoms in total. The number of hydrogen-bond acceptors (Lipinski definition) is 2. The van der Waals surface area contributed by atoms with E-state index in [0.29, 0.717) is 18.9 Å². The lowest BCUT2D eigenvalue weighted by molar-refractivity contribution is 0.129. The summed E-state index contributed by atoms with van der Waals surface area (Å²) in [6, 6.07) is 10.2. The molecule has 0 unspecified atom stereocenters. The van der Waals surface area contributed by atoms with Crippen LogP contribution in [0.2, 0.25) is 0 Å². The molecule has 0 aromatic heterocycles. The molecule has 1 aliphatic heterocycles. The van der Waals surface area contributed by atoms with Crippen LogP contribution < -0.4 is 0 Å². The smallest absolute Gasteiger partial charge is 0.410 e. The zero-order valence-electron chi connectivity index (χ0n) is 12.3. The first-order valence-corrected chi connectivity index (χ1v) is 7.24. The van der Waals surface area contributed by atoms with Gasteiger partial charge in [0, 0.05) is 13.0 Å². The number of carbonyl (C=O) groups is 1. The second-order valence-electron chi connectivity index (χ2n) is 5.76. The van der Waals surface area contributed by atoms with Crippen LogP contribution in [-0.4, -0.2) is 23.1 Å². The predicted molar refractivity (Wildman–Crippen MR) is 80.3 cm³/mol. The molecule has 0 aliphatic carbocycles. The molecule has 0 N–H and O–H groups in total. The molecule has 2 rings (SSSR count). The maximum atomic E-state index is 12.1. The van der Waals surface area contributed by atoms with Crippen molar-refractivity contribution < 1.29 is 9.53 Å². The summed E-state index contributed by atoms with van der Waals surface area (Å²) in [7, 11) is 0. The number of carbonyl (C=O) groups excluding carboxylic acids is 1. The third-order valence-electron chi connectivity index (χ3n) is 3.62. The number of ether oxygens (including phenoxy) is 1. The molecule has 0 bridgehead atoms. The molecular weight excluding hydrogens is 250 g/mol. The van der Waals surface area contributed by atoms with Crippen molar-refractivity contribution in [2.75, 3.05) is 0 Å². The highest BCUT2D eigenvalue weighted by molar-refractivity contribution is 5.70. The summed E-state index contributed by atoms with van der Waals surface area (Å²) in [6.45, 7) is 8.73. The van der Waals surface area contributed by atoms with Crippen molar-refractivity contribution in [3.05, 3.63) is 48.6 Å². The predicted octanol–water partition coefficient (Wildman–Crippen LogP) is 4.00. The lowest BCUT2D eigenvalue weighted by Crippen LogP contribution is -2.37. The molecule has 2 atom stereocenters. The van der Waals surface area contributed by atoms with Gasteiger partial charge in [-0.05, 0) is 17.9 Å². The van der Waals surface area contributed by atoms with Crippen molar-refractivity contribution in [2.45, 2.75) is 45.4 Å². The summed E-state index contributed by atoms with van der Waals surface area (Å²) in [6.07, 6.45) is 3.24. The lowest BCUT2D eigenvalue weighted by atomic mass is 9.96. The van der Waals surface area contributed by atoms with E-state index in [-0.39, 0.29) is 18.2 Å². The molecule has 1 heterocycles. The molecular formula is C17H23NO2. The molecule has 1 amide bonds. The van der Waals surface area contributed by atoms with Gasteiger partial charge in [-0.3, -0.25) is 4.90 Å². The van der Waals surface area contributed by atoms with E-state index < -0.39 is 0 Å². The molecule has 1 fully saturated rings. The Balaban J connectivity index is 2.15. The highest BCUT2D eigenvalue weighted by Crippen LogP contribution is 2.28. The zero-order chi connectivity index (χ0) is 14.5. The average molecular weight is 273 g/mol. The van der Waals surface area contributed by atoms with Crippen molar-refractivity contribution in [3.8, 4) is 0 Å². The monoisotopic (exact) mass is 273 g/mol. The Hall–Kier alpha value is -1.77. The van der Waals surface area contributed by atoms with Crippen molar-refractivity contribution in [2.24, 2.45) is 5.92 Å². The molecule has 1 aromatic carbocycles. The fourth-order valence-corrected chi connectivity index (χ4v) is 2.71. The summed E-state index contributed by atoms with van der Waals surface area (Å²) in [5, 5.41) is 0. The van der Waals surface area contributed by atoms with E-state index in [9.17, 15) is 4.79 Å². The Kier molecular flexibility index (Phi) is 4.83. The van der Waals surface area contributed by atoms with Crippen molar-refractivity contribution in [1.82, 2.24) is 4.90 Å². The minimum atomic E-state index is -0.202. The Morgan fingerprint density at radius 3 is 2.65 bits per heavy atom. The van der Waals surface area contributed by atoms with E-state index in [1.165, 1.54) is 0 Å². The van der Waals surface area contributed by atoms with Gasteiger partial charge in [-0.25, -0.2) is 4.79 Å². The van der Waals surface area contributed by atoms with Crippen molar-refractivity contribution in [1.29, 1.82) is 0 Å². The number of rotatable bonds is 6. The van der Waals surface area contributed by atoms with E-state index in [1.807, 2.05) is 41.3 Å². The highest BCUT2D eigenvalue weighted by atomic mass is 16.6. The first-order valence-electron chi connectivity index (χ1n) is 7.24. The Labute approximate surface area is 121 Å². The molecule has 1 aliphatic rings. The van der Waals surface area contributed by atoms with Gasteiger partial charge in [0.15, 0.2) is 0 Å². The van der Waals surface area contributed by atoms with Crippen LogP contribution in [0.4, 0.5) is 4.79 Å². The third kappa shape index (κ3) is 3.41. The molecule has 0 radical (unpaired) electrons. The highest BCUT2D eigenvalue weighted by Gasteiger charge is 2.40. The van der Waals surface area contributed by atoms with E-state index in [1.54, 1.807) is 0 Å². The van der Waals surface area contributed by atoms with Gasteiger partial charge >= 0.3 is 6.09 Å². The maximum Gasteiger partial charge on any atom is 0.410 e. The van der Waals surface area contributed by atoms with Crippen LogP contribution in [0.3, 0.4) is 0 Å². The summed E-state index contributed by atoms with van der Waals surface area (Å²) in [4.78, 5) is 14.0. The molecule has 0 spiro atoms.